The zero-order chi connectivity index (χ0) is 16.0. The molecule has 1 aliphatic carbocycles. The normalized spacial score (nSPS) is 26.2. The zero-order valence-corrected chi connectivity index (χ0v) is 15.7. The minimum atomic E-state index is -0.470. The summed E-state index contributed by atoms with van der Waals surface area (Å²) < 4.78 is 11.7. The Morgan fingerprint density at radius 3 is 2.57 bits per heavy atom. The van der Waals surface area contributed by atoms with Gasteiger partial charge in [0.2, 0.25) is 0 Å². The summed E-state index contributed by atoms with van der Waals surface area (Å²) in [6, 6.07) is 0.0988. The SMILES string of the molecule is C=C(COC)[C@@H]1C[C@@H](CI)CCC1NC(=O)OC(C)(C)C. The Morgan fingerprint density at radius 2 is 2.05 bits per heavy atom. The molecule has 122 valence electrons. The lowest BCUT2D eigenvalue weighted by Crippen LogP contribution is -2.46. The van der Waals surface area contributed by atoms with Crippen molar-refractivity contribution in [3.63, 3.8) is 0 Å². The number of alkyl halides is 1. The lowest BCUT2D eigenvalue weighted by atomic mass is 9.75. The maximum Gasteiger partial charge on any atom is 0.407 e. The predicted molar refractivity (Wildman–Crippen MR) is 93.9 cm³/mol. The second-order valence-electron chi connectivity index (χ2n) is 6.78. The summed E-state index contributed by atoms with van der Waals surface area (Å²) >= 11 is 2.44. The van der Waals surface area contributed by atoms with Crippen LogP contribution >= 0.6 is 22.6 Å². The standard InChI is InChI=1S/C16H28INO3/c1-11(10-20-5)13-8-12(9-17)6-7-14(13)18-15(19)21-16(2,3)4/h12-14H,1,6-10H2,2-5H3,(H,18,19)/t12-,13-,14?/m0/s1. The first kappa shape index (κ1) is 18.7. The fraction of sp³-hybridized carbons (Fsp3) is 0.812. The molecule has 0 radical (unpaired) electrons. The monoisotopic (exact) mass is 409 g/mol. The van der Waals surface area contributed by atoms with E-state index in [4.69, 9.17) is 9.47 Å². The number of hydrogen-bond donors (Lipinski definition) is 1. The van der Waals surface area contributed by atoms with Crippen molar-refractivity contribution in [2.45, 2.75) is 51.7 Å². The summed E-state index contributed by atoms with van der Waals surface area (Å²) in [7, 11) is 1.68. The van der Waals surface area contributed by atoms with Crippen LogP contribution in [-0.2, 0) is 9.47 Å². The number of nitrogens with one attached hydrogen (secondary N) is 1. The Morgan fingerprint density at radius 1 is 1.38 bits per heavy atom. The van der Waals surface area contributed by atoms with Gasteiger partial charge < -0.3 is 14.8 Å². The second kappa shape index (κ2) is 8.36. The summed E-state index contributed by atoms with van der Waals surface area (Å²) in [5.41, 5.74) is 0.593. The number of hydrogen-bond acceptors (Lipinski definition) is 3. The van der Waals surface area contributed by atoms with Crippen LogP contribution in [0, 0.1) is 11.8 Å². The summed E-state index contributed by atoms with van der Waals surface area (Å²) in [6.07, 6.45) is 2.84. The molecule has 1 amide bonds. The molecular weight excluding hydrogens is 381 g/mol. The Labute approximate surface area is 142 Å². The quantitative estimate of drug-likeness (QED) is 0.425. The highest BCUT2D eigenvalue weighted by atomic mass is 127. The van der Waals surface area contributed by atoms with Crippen molar-refractivity contribution in [2.24, 2.45) is 11.8 Å². The topological polar surface area (TPSA) is 47.6 Å². The van der Waals surface area contributed by atoms with Crippen LogP contribution in [0.1, 0.15) is 40.0 Å². The molecule has 0 aromatic rings. The van der Waals surface area contributed by atoms with Crippen LogP contribution in [0.15, 0.2) is 12.2 Å². The van der Waals surface area contributed by atoms with E-state index in [1.54, 1.807) is 7.11 Å². The van der Waals surface area contributed by atoms with Gasteiger partial charge in [0, 0.05) is 23.5 Å². The number of carbonyl (C=O) groups excluding carboxylic acids is 1. The summed E-state index contributed by atoms with van der Waals surface area (Å²) in [4.78, 5) is 12.0. The van der Waals surface area contributed by atoms with Gasteiger partial charge in [-0.05, 0) is 51.5 Å². The molecule has 0 spiro atoms. The van der Waals surface area contributed by atoms with E-state index in [0.717, 1.165) is 29.3 Å². The van der Waals surface area contributed by atoms with E-state index in [2.05, 4.69) is 34.5 Å². The first-order valence-corrected chi connectivity index (χ1v) is 9.01. The molecule has 0 saturated heterocycles. The lowest BCUT2D eigenvalue weighted by molar-refractivity contribution is 0.0465. The molecule has 1 unspecified atom stereocenters. The van der Waals surface area contributed by atoms with Crippen LogP contribution in [-0.4, -0.2) is 35.9 Å². The van der Waals surface area contributed by atoms with Gasteiger partial charge in [0.05, 0.1) is 6.61 Å². The molecule has 0 aromatic carbocycles. The molecule has 0 bridgehead atoms. The van der Waals surface area contributed by atoms with Gasteiger partial charge >= 0.3 is 6.09 Å². The van der Waals surface area contributed by atoms with E-state index < -0.39 is 5.60 Å². The Balaban J connectivity index is 2.68. The number of methoxy groups -OCH3 is 1. The molecule has 0 heterocycles. The molecule has 1 saturated carbocycles. The first-order valence-electron chi connectivity index (χ1n) is 7.49. The van der Waals surface area contributed by atoms with Crippen molar-refractivity contribution in [1.82, 2.24) is 5.32 Å². The predicted octanol–water partition coefficient (Wildman–Crippen LogP) is 3.93. The minimum absolute atomic E-state index is 0.0988. The van der Waals surface area contributed by atoms with Crippen molar-refractivity contribution in [3.05, 3.63) is 12.2 Å². The molecule has 1 aliphatic rings. The Bertz CT molecular complexity index is 365. The van der Waals surface area contributed by atoms with Crippen LogP contribution in [0.2, 0.25) is 0 Å². The fourth-order valence-electron chi connectivity index (χ4n) is 2.77. The van der Waals surface area contributed by atoms with E-state index in [9.17, 15) is 4.79 Å². The van der Waals surface area contributed by atoms with Crippen molar-refractivity contribution in [1.29, 1.82) is 0 Å². The Hall–Kier alpha value is -0.300. The molecule has 21 heavy (non-hydrogen) atoms. The Kier molecular flexibility index (Phi) is 7.47. The van der Waals surface area contributed by atoms with Crippen LogP contribution in [0.4, 0.5) is 4.79 Å². The summed E-state index contributed by atoms with van der Waals surface area (Å²) in [5, 5.41) is 3.03. The summed E-state index contributed by atoms with van der Waals surface area (Å²) in [6.45, 7) is 10.3. The van der Waals surface area contributed by atoms with Crippen LogP contribution < -0.4 is 5.32 Å². The first-order chi connectivity index (χ1) is 9.76. The number of alkyl carbamates (subject to hydrolysis) is 1. The van der Waals surface area contributed by atoms with Crippen molar-refractivity contribution in [3.8, 4) is 0 Å². The zero-order valence-electron chi connectivity index (χ0n) is 13.6. The van der Waals surface area contributed by atoms with Gasteiger partial charge in [0.25, 0.3) is 0 Å². The third-order valence-electron chi connectivity index (χ3n) is 3.73. The second-order valence-corrected chi connectivity index (χ2v) is 7.66. The fourth-order valence-corrected chi connectivity index (χ4v) is 3.57. The number of rotatable bonds is 5. The minimum Gasteiger partial charge on any atom is -0.444 e. The average Bonchev–Trinajstić information content (AvgIpc) is 2.37. The van der Waals surface area contributed by atoms with E-state index in [-0.39, 0.29) is 18.1 Å². The molecule has 0 aliphatic heterocycles. The van der Waals surface area contributed by atoms with Crippen molar-refractivity contribution in [2.75, 3.05) is 18.1 Å². The van der Waals surface area contributed by atoms with Crippen molar-refractivity contribution < 1.29 is 14.3 Å². The molecule has 1 fully saturated rings. The maximum absolute atomic E-state index is 12.0. The van der Waals surface area contributed by atoms with Gasteiger partial charge in [-0.15, -0.1) is 0 Å². The van der Waals surface area contributed by atoms with Crippen LogP contribution in [0.25, 0.3) is 0 Å². The van der Waals surface area contributed by atoms with E-state index >= 15 is 0 Å². The number of halogens is 1. The maximum atomic E-state index is 12.0. The van der Waals surface area contributed by atoms with E-state index in [0.29, 0.717) is 12.5 Å². The average molecular weight is 409 g/mol. The van der Waals surface area contributed by atoms with E-state index in [1.807, 2.05) is 20.8 Å². The van der Waals surface area contributed by atoms with Gasteiger partial charge in [-0.25, -0.2) is 4.79 Å². The molecule has 0 aromatic heterocycles. The number of ether oxygens (including phenoxy) is 2. The van der Waals surface area contributed by atoms with Gasteiger partial charge in [-0.2, -0.15) is 0 Å². The van der Waals surface area contributed by atoms with Gasteiger partial charge in [-0.1, -0.05) is 29.2 Å². The molecular formula is C16H28INO3. The van der Waals surface area contributed by atoms with Gasteiger partial charge in [0.1, 0.15) is 5.60 Å². The molecule has 4 nitrogen and oxygen atoms in total. The van der Waals surface area contributed by atoms with Gasteiger partial charge in [-0.3, -0.25) is 0 Å². The number of carbonyl (C=O) groups is 1. The molecule has 1 rings (SSSR count). The number of amides is 1. The molecule has 5 heteroatoms. The van der Waals surface area contributed by atoms with Crippen molar-refractivity contribution >= 4 is 28.7 Å². The van der Waals surface area contributed by atoms with Crippen LogP contribution in [0.3, 0.4) is 0 Å². The summed E-state index contributed by atoms with van der Waals surface area (Å²) in [5.74, 6) is 0.965. The third kappa shape index (κ3) is 6.55. The smallest absolute Gasteiger partial charge is 0.407 e. The largest absolute Gasteiger partial charge is 0.444 e. The van der Waals surface area contributed by atoms with Crippen LogP contribution in [0.5, 0.6) is 0 Å². The highest BCUT2D eigenvalue weighted by Crippen LogP contribution is 2.34. The van der Waals surface area contributed by atoms with Gasteiger partial charge in [0.15, 0.2) is 0 Å². The lowest BCUT2D eigenvalue weighted by Gasteiger charge is -2.37. The molecule has 3 atom stereocenters. The highest BCUT2D eigenvalue weighted by molar-refractivity contribution is 14.1. The molecule has 1 N–H and O–H groups in total. The van der Waals surface area contributed by atoms with E-state index in [1.165, 1.54) is 0 Å². The highest BCUT2D eigenvalue weighted by Gasteiger charge is 2.33. The third-order valence-corrected chi connectivity index (χ3v) is 4.98.